The summed E-state index contributed by atoms with van der Waals surface area (Å²) >= 11 is 0. The lowest BCUT2D eigenvalue weighted by Gasteiger charge is -2.31. The van der Waals surface area contributed by atoms with Crippen molar-refractivity contribution in [2.45, 2.75) is 38.5 Å². The number of rotatable bonds is 2. The lowest BCUT2D eigenvalue weighted by molar-refractivity contribution is 0.330. The Morgan fingerprint density at radius 3 is 1.56 bits per heavy atom. The SMILES string of the molecule is CC1(C)c2cc(-c3c4ccccc4c(-c4c(O)c(O)c(O)c(O)c4O)c4ccccc34)ccc2-c2c1c1c(c3c2oc2c(O)cccc23)-c2ccccc2C1(C)C. The molecule has 1 heterocycles. The normalized spacial score (nSPS) is 14.7. The van der Waals surface area contributed by atoms with Crippen LogP contribution in [0.15, 0.2) is 114 Å². The molecule has 57 heavy (non-hydrogen) atoms. The summed E-state index contributed by atoms with van der Waals surface area (Å²) in [4.78, 5) is 0. The zero-order chi connectivity index (χ0) is 39.4. The smallest absolute Gasteiger partial charge is 0.208 e. The van der Waals surface area contributed by atoms with Gasteiger partial charge in [-0.25, -0.2) is 0 Å². The van der Waals surface area contributed by atoms with Crippen LogP contribution in [0.5, 0.6) is 34.5 Å². The van der Waals surface area contributed by atoms with E-state index in [1.807, 2.05) is 60.7 Å². The summed E-state index contributed by atoms with van der Waals surface area (Å²) in [7, 11) is 0. The van der Waals surface area contributed by atoms with Crippen molar-refractivity contribution in [2.24, 2.45) is 0 Å². The fraction of sp³-hybridized carbons (Fsp3) is 0.120. The second-order valence-electron chi connectivity index (χ2n) is 16.5. The number of phenols is 6. The van der Waals surface area contributed by atoms with Crippen molar-refractivity contribution in [1.82, 2.24) is 0 Å². The number of fused-ring (bicyclic) bond motifs is 14. The number of phenolic OH excluding ortho intramolecular Hbond substituents is 6. The number of aromatic hydroxyl groups is 6. The molecule has 1 aromatic heterocycles. The average molecular weight is 749 g/mol. The predicted octanol–water partition coefficient (Wildman–Crippen LogP) is 12.1. The van der Waals surface area contributed by atoms with Crippen LogP contribution in [-0.2, 0) is 10.8 Å². The Morgan fingerprint density at radius 2 is 0.912 bits per heavy atom. The summed E-state index contributed by atoms with van der Waals surface area (Å²) in [6.45, 7) is 9.16. The van der Waals surface area contributed by atoms with Gasteiger partial charge in [0.05, 0.1) is 5.56 Å². The summed E-state index contributed by atoms with van der Waals surface area (Å²) in [5.41, 5.74) is 11.8. The van der Waals surface area contributed by atoms with Crippen molar-refractivity contribution in [3.05, 3.63) is 131 Å². The van der Waals surface area contributed by atoms with Gasteiger partial charge in [0.2, 0.25) is 17.2 Å². The molecule has 7 nitrogen and oxygen atoms in total. The van der Waals surface area contributed by atoms with Crippen molar-refractivity contribution in [2.75, 3.05) is 0 Å². The molecule has 0 saturated carbocycles. The fourth-order valence-electron chi connectivity index (χ4n) is 10.4. The second-order valence-corrected chi connectivity index (χ2v) is 16.5. The maximum absolute atomic E-state index is 11.2. The first-order valence-corrected chi connectivity index (χ1v) is 19.0. The third kappa shape index (κ3) is 3.95. The van der Waals surface area contributed by atoms with E-state index in [2.05, 4.69) is 70.2 Å². The topological polar surface area (TPSA) is 135 Å². The van der Waals surface area contributed by atoms with Gasteiger partial charge >= 0.3 is 0 Å². The zero-order valence-corrected chi connectivity index (χ0v) is 31.5. The summed E-state index contributed by atoms with van der Waals surface area (Å²) in [5.74, 6) is -4.24. The Bertz CT molecular complexity index is 3220. The molecule has 278 valence electrons. The minimum absolute atomic E-state index is 0.103. The first-order chi connectivity index (χ1) is 27.3. The second kappa shape index (κ2) is 10.8. The summed E-state index contributed by atoms with van der Waals surface area (Å²) in [6.07, 6.45) is 0. The molecule has 0 fully saturated rings. The van der Waals surface area contributed by atoms with Crippen LogP contribution in [0.2, 0.25) is 0 Å². The van der Waals surface area contributed by atoms with Gasteiger partial charge in [-0.3, -0.25) is 0 Å². The molecule has 9 aromatic rings. The molecule has 0 atom stereocenters. The number of hydrogen-bond acceptors (Lipinski definition) is 7. The van der Waals surface area contributed by atoms with E-state index in [0.717, 1.165) is 60.5 Å². The van der Waals surface area contributed by atoms with E-state index >= 15 is 0 Å². The summed E-state index contributed by atoms with van der Waals surface area (Å²) < 4.78 is 6.77. The first kappa shape index (κ1) is 33.2. The largest absolute Gasteiger partial charge is 0.504 e. The van der Waals surface area contributed by atoms with Gasteiger partial charge in [-0.15, -0.1) is 0 Å². The van der Waals surface area contributed by atoms with E-state index in [0.29, 0.717) is 21.9 Å². The quantitative estimate of drug-likeness (QED) is 0.0588. The van der Waals surface area contributed by atoms with E-state index in [4.69, 9.17) is 4.42 Å². The van der Waals surface area contributed by atoms with Crippen LogP contribution >= 0.6 is 0 Å². The van der Waals surface area contributed by atoms with Crippen LogP contribution in [0.4, 0.5) is 0 Å². The van der Waals surface area contributed by atoms with Crippen LogP contribution in [0.1, 0.15) is 49.9 Å². The zero-order valence-electron chi connectivity index (χ0n) is 31.5. The van der Waals surface area contributed by atoms with Crippen molar-refractivity contribution in [1.29, 1.82) is 0 Å². The fourth-order valence-corrected chi connectivity index (χ4v) is 10.4. The minimum Gasteiger partial charge on any atom is -0.504 e. The lowest BCUT2D eigenvalue weighted by Crippen LogP contribution is -2.24. The highest BCUT2D eigenvalue weighted by atomic mass is 16.4. The van der Waals surface area contributed by atoms with E-state index in [9.17, 15) is 30.6 Å². The highest BCUT2D eigenvalue weighted by Gasteiger charge is 2.48. The molecular weight excluding hydrogens is 713 g/mol. The van der Waals surface area contributed by atoms with Gasteiger partial charge in [0.1, 0.15) is 5.58 Å². The van der Waals surface area contributed by atoms with Crippen LogP contribution in [0.25, 0.3) is 88.0 Å². The molecule has 2 aliphatic carbocycles. The molecule has 6 N–H and O–H groups in total. The van der Waals surface area contributed by atoms with Crippen molar-refractivity contribution >= 4 is 43.5 Å². The molecule has 0 bridgehead atoms. The summed E-state index contributed by atoms with van der Waals surface area (Å²) in [6, 6.07) is 36.1. The number of hydrogen-bond donors (Lipinski definition) is 6. The highest BCUT2D eigenvalue weighted by Crippen LogP contribution is 2.64. The standard InChI is InChI=1S/C50H36O7/c1-49(2)31-18-10-9-16-28(31)36-37-30-17-11-19-33(51)47(30)57-48(37)38-29-21-20-23(22-32(29)50(3,4)41(38)40(36)49)34-24-12-5-7-14-26(24)35(27-15-8-6-13-25(27)34)39-42(52)44(54)46(56)45(55)43(39)53/h5-22,51-56H,1-4H3. The molecule has 0 unspecified atom stereocenters. The molecule has 11 rings (SSSR count). The maximum atomic E-state index is 11.2. The molecule has 0 radical (unpaired) electrons. The Morgan fingerprint density at radius 1 is 0.404 bits per heavy atom. The number of para-hydroxylation sites is 1. The van der Waals surface area contributed by atoms with Crippen LogP contribution < -0.4 is 0 Å². The van der Waals surface area contributed by atoms with Crippen molar-refractivity contribution in [3.8, 4) is 79.0 Å². The van der Waals surface area contributed by atoms with Gasteiger partial charge in [-0.1, -0.05) is 125 Å². The minimum atomic E-state index is -1.00. The van der Waals surface area contributed by atoms with E-state index < -0.39 is 34.2 Å². The highest BCUT2D eigenvalue weighted by molar-refractivity contribution is 6.24. The average Bonchev–Trinajstić information content (AvgIpc) is 3.79. The molecule has 0 amide bonds. The van der Waals surface area contributed by atoms with Crippen LogP contribution in [-0.4, -0.2) is 30.6 Å². The third-order valence-electron chi connectivity index (χ3n) is 12.8. The lowest BCUT2D eigenvalue weighted by atomic mass is 9.72. The Kier molecular flexibility index (Phi) is 6.30. The van der Waals surface area contributed by atoms with Gasteiger partial charge in [0.25, 0.3) is 0 Å². The monoisotopic (exact) mass is 748 g/mol. The first-order valence-electron chi connectivity index (χ1n) is 19.0. The molecule has 8 aromatic carbocycles. The van der Waals surface area contributed by atoms with Crippen molar-refractivity contribution < 1.29 is 35.1 Å². The number of benzene rings is 8. The van der Waals surface area contributed by atoms with E-state index in [1.165, 1.54) is 22.3 Å². The van der Waals surface area contributed by atoms with Crippen LogP contribution in [0.3, 0.4) is 0 Å². The Labute approximate surface area is 326 Å². The predicted molar refractivity (Wildman–Crippen MR) is 225 cm³/mol. The third-order valence-corrected chi connectivity index (χ3v) is 12.8. The Hall–Kier alpha value is -7.12. The molecule has 2 aliphatic rings. The molecule has 7 heteroatoms. The number of furan rings is 1. The summed E-state index contributed by atoms with van der Waals surface area (Å²) in [5, 5.41) is 69.8. The van der Waals surface area contributed by atoms with Gasteiger partial charge in [-0.05, 0) is 83.7 Å². The van der Waals surface area contributed by atoms with E-state index in [-0.39, 0.29) is 16.7 Å². The molecule has 0 aliphatic heterocycles. The molecular formula is C50H36O7. The molecule has 0 saturated heterocycles. The molecule has 0 spiro atoms. The van der Waals surface area contributed by atoms with E-state index in [1.54, 1.807) is 6.07 Å². The Balaban J connectivity index is 1.23. The van der Waals surface area contributed by atoms with Crippen LogP contribution in [0, 0.1) is 0 Å². The van der Waals surface area contributed by atoms with Gasteiger partial charge < -0.3 is 35.1 Å². The van der Waals surface area contributed by atoms with Crippen molar-refractivity contribution in [3.63, 3.8) is 0 Å². The van der Waals surface area contributed by atoms with Gasteiger partial charge in [-0.2, -0.15) is 0 Å². The maximum Gasteiger partial charge on any atom is 0.208 e. The van der Waals surface area contributed by atoms with Gasteiger partial charge in [0.15, 0.2) is 22.8 Å². The van der Waals surface area contributed by atoms with Gasteiger partial charge in [0, 0.05) is 32.7 Å².